The number of benzene rings is 2. The van der Waals surface area contributed by atoms with Crippen molar-refractivity contribution in [1.82, 2.24) is 0 Å². The molecule has 0 unspecified atom stereocenters. The zero-order chi connectivity index (χ0) is 18.0. The highest BCUT2D eigenvalue weighted by Gasteiger charge is 2.19. The van der Waals surface area contributed by atoms with Crippen molar-refractivity contribution in [2.45, 2.75) is 34.1 Å². The topological polar surface area (TPSA) is 86.6 Å². The number of phenolic OH excluding ortho intramolecular Hbond substituents is 2. The highest BCUT2D eigenvalue weighted by atomic mass is 16.3. The minimum atomic E-state index is -0.696. The van der Waals surface area contributed by atoms with E-state index in [1.165, 1.54) is 12.1 Å². The molecule has 24 heavy (non-hydrogen) atoms. The van der Waals surface area contributed by atoms with Gasteiger partial charge in [0, 0.05) is 12.1 Å². The summed E-state index contributed by atoms with van der Waals surface area (Å²) in [4.78, 5) is 24.5. The first kappa shape index (κ1) is 17.5. The van der Waals surface area contributed by atoms with Crippen LogP contribution < -0.4 is 5.32 Å². The number of nitrogens with one attached hydrogen (secondary N) is 1. The third-order valence-corrected chi connectivity index (χ3v) is 4.03. The van der Waals surface area contributed by atoms with Gasteiger partial charge in [0.25, 0.3) is 5.91 Å². The van der Waals surface area contributed by atoms with E-state index in [1.54, 1.807) is 39.8 Å². The van der Waals surface area contributed by atoms with Gasteiger partial charge in [0.1, 0.15) is 11.5 Å². The van der Waals surface area contributed by atoms with Crippen molar-refractivity contribution in [2.75, 3.05) is 5.32 Å². The van der Waals surface area contributed by atoms with Crippen molar-refractivity contribution in [3.63, 3.8) is 0 Å². The monoisotopic (exact) mass is 327 g/mol. The molecule has 0 saturated heterocycles. The molecule has 0 aliphatic carbocycles. The first-order valence-electron chi connectivity index (χ1n) is 7.62. The van der Waals surface area contributed by atoms with Crippen LogP contribution in [0.5, 0.6) is 11.5 Å². The van der Waals surface area contributed by atoms with Gasteiger partial charge >= 0.3 is 0 Å². The number of Topliss-reactive ketones (excluding diaryl/α,β-unsaturated/α-hetero) is 1. The van der Waals surface area contributed by atoms with Crippen LogP contribution in [0.15, 0.2) is 24.3 Å². The first-order valence-corrected chi connectivity index (χ1v) is 7.62. The number of anilines is 1. The van der Waals surface area contributed by atoms with E-state index in [4.69, 9.17) is 0 Å². The Morgan fingerprint density at radius 3 is 1.71 bits per heavy atom. The zero-order valence-electron chi connectivity index (χ0n) is 14.2. The van der Waals surface area contributed by atoms with E-state index in [0.29, 0.717) is 16.8 Å². The van der Waals surface area contributed by atoms with E-state index in [0.717, 1.165) is 16.7 Å². The second-order valence-electron chi connectivity index (χ2n) is 6.07. The second kappa shape index (κ2) is 6.74. The number of rotatable bonds is 4. The molecule has 3 N–H and O–H groups in total. The van der Waals surface area contributed by atoms with Crippen LogP contribution in [0.2, 0.25) is 0 Å². The fourth-order valence-electron chi connectivity index (χ4n) is 2.81. The smallest absolute Gasteiger partial charge is 0.292 e. The highest BCUT2D eigenvalue weighted by Crippen LogP contribution is 2.26. The van der Waals surface area contributed by atoms with Crippen LogP contribution in [0, 0.1) is 27.7 Å². The van der Waals surface area contributed by atoms with Gasteiger partial charge in [-0.05, 0) is 79.8 Å². The lowest BCUT2D eigenvalue weighted by Gasteiger charge is -2.13. The molecule has 0 aromatic heterocycles. The Labute approximate surface area is 141 Å². The molecule has 2 rings (SSSR count). The summed E-state index contributed by atoms with van der Waals surface area (Å²) in [6, 6.07) is 6.20. The Kier molecular flexibility index (Phi) is 4.93. The lowest BCUT2D eigenvalue weighted by molar-refractivity contribution is -0.134. The summed E-state index contributed by atoms with van der Waals surface area (Å²) >= 11 is 0. The van der Waals surface area contributed by atoms with Crippen molar-refractivity contribution in [1.29, 1.82) is 0 Å². The van der Waals surface area contributed by atoms with E-state index >= 15 is 0 Å². The van der Waals surface area contributed by atoms with E-state index in [1.807, 2.05) is 0 Å². The SMILES string of the molecule is Cc1cc(O)cc(C)c1CC(=O)C(=O)Nc1c(C)cc(O)cc1C. The third-order valence-electron chi connectivity index (χ3n) is 4.03. The highest BCUT2D eigenvalue weighted by molar-refractivity contribution is 6.41. The maximum Gasteiger partial charge on any atom is 0.292 e. The first-order chi connectivity index (χ1) is 11.2. The Morgan fingerprint density at radius 1 is 0.833 bits per heavy atom. The quantitative estimate of drug-likeness (QED) is 0.595. The van der Waals surface area contributed by atoms with Crippen LogP contribution in [0.3, 0.4) is 0 Å². The molecule has 126 valence electrons. The molecule has 5 nitrogen and oxygen atoms in total. The number of hydrogen-bond acceptors (Lipinski definition) is 4. The van der Waals surface area contributed by atoms with Gasteiger partial charge in [-0.15, -0.1) is 0 Å². The Bertz CT molecular complexity index is 709. The van der Waals surface area contributed by atoms with Gasteiger partial charge in [0.05, 0.1) is 0 Å². The number of phenols is 2. The van der Waals surface area contributed by atoms with Gasteiger partial charge in [0.2, 0.25) is 5.78 Å². The minimum Gasteiger partial charge on any atom is -0.508 e. The molecule has 0 bridgehead atoms. The van der Waals surface area contributed by atoms with Crippen molar-refractivity contribution < 1.29 is 19.8 Å². The molecular weight excluding hydrogens is 306 g/mol. The molecule has 0 atom stereocenters. The minimum absolute atomic E-state index is 0.0278. The molecule has 0 radical (unpaired) electrons. The average molecular weight is 327 g/mol. The molecule has 0 aliphatic rings. The van der Waals surface area contributed by atoms with Gasteiger partial charge in [-0.3, -0.25) is 9.59 Å². The summed E-state index contributed by atoms with van der Waals surface area (Å²) in [5.74, 6) is -0.997. The van der Waals surface area contributed by atoms with Crippen molar-refractivity contribution in [2.24, 2.45) is 0 Å². The summed E-state index contributed by atoms with van der Waals surface area (Å²) in [7, 11) is 0. The van der Waals surface area contributed by atoms with E-state index in [2.05, 4.69) is 5.32 Å². The normalized spacial score (nSPS) is 10.5. The van der Waals surface area contributed by atoms with E-state index in [9.17, 15) is 19.8 Å². The van der Waals surface area contributed by atoms with Gasteiger partial charge in [-0.2, -0.15) is 0 Å². The lowest BCUT2D eigenvalue weighted by Crippen LogP contribution is -2.25. The Hall–Kier alpha value is -2.82. The molecule has 0 saturated carbocycles. The predicted octanol–water partition coefficient (Wildman–Crippen LogP) is 3.08. The maximum absolute atomic E-state index is 12.3. The lowest BCUT2D eigenvalue weighted by atomic mass is 9.97. The number of amides is 1. The van der Waals surface area contributed by atoms with Crippen LogP contribution in [0.25, 0.3) is 0 Å². The summed E-state index contributed by atoms with van der Waals surface area (Å²) in [6.45, 7) is 7.09. The summed E-state index contributed by atoms with van der Waals surface area (Å²) in [5, 5.41) is 21.7. The number of ketones is 1. The van der Waals surface area contributed by atoms with Crippen LogP contribution in [0.4, 0.5) is 5.69 Å². The number of hydrogen-bond donors (Lipinski definition) is 3. The van der Waals surface area contributed by atoms with Crippen molar-refractivity contribution >= 4 is 17.4 Å². The number of carbonyl (C=O) groups is 2. The van der Waals surface area contributed by atoms with E-state index in [-0.39, 0.29) is 17.9 Å². The third kappa shape index (κ3) is 3.74. The van der Waals surface area contributed by atoms with Crippen molar-refractivity contribution in [3.05, 3.63) is 52.1 Å². The fourth-order valence-corrected chi connectivity index (χ4v) is 2.81. The number of aromatic hydroxyl groups is 2. The predicted molar refractivity (Wildman–Crippen MR) is 92.5 cm³/mol. The van der Waals surface area contributed by atoms with Gasteiger partial charge < -0.3 is 15.5 Å². The maximum atomic E-state index is 12.3. The second-order valence-corrected chi connectivity index (χ2v) is 6.07. The zero-order valence-corrected chi connectivity index (χ0v) is 14.2. The summed E-state index contributed by atoms with van der Waals surface area (Å²) < 4.78 is 0. The van der Waals surface area contributed by atoms with Gasteiger partial charge in [0.15, 0.2) is 0 Å². The molecule has 0 spiro atoms. The average Bonchev–Trinajstić information content (AvgIpc) is 2.46. The molecule has 0 heterocycles. The molecule has 5 heteroatoms. The van der Waals surface area contributed by atoms with Crippen molar-refractivity contribution in [3.8, 4) is 11.5 Å². The molecular formula is C19H21NO4. The standard InChI is InChI=1S/C19H21NO4/c1-10-5-14(21)6-11(2)16(10)9-17(23)19(24)20-18-12(3)7-15(22)8-13(18)4/h5-8,21-22H,9H2,1-4H3,(H,20,24). The Morgan fingerprint density at radius 2 is 1.25 bits per heavy atom. The Balaban J connectivity index is 2.19. The summed E-state index contributed by atoms with van der Waals surface area (Å²) in [6.07, 6.45) is -0.0278. The fraction of sp³-hybridized carbons (Fsp3) is 0.263. The molecule has 2 aromatic rings. The molecule has 1 amide bonds. The largest absolute Gasteiger partial charge is 0.508 e. The van der Waals surface area contributed by atoms with Gasteiger partial charge in [-0.1, -0.05) is 0 Å². The molecule has 2 aromatic carbocycles. The molecule has 0 fully saturated rings. The van der Waals surface area contributed by atoms with E-state index < -0.39 is 11.7 Å². The van der Waals surface area contributed by atoms with Crippen LogP contribution in [-0.2, 0) is 16.0 Å². The van der Waals surface area contributed by atoms with Crippen LogP contribution in [0.1, 0.15) is 27.8 Å². The van der Waals surface area contributed by atoms with Gasteiger partial charge in [-0.25, -0.2) is 0 Å². The summed E-state index contributed by atoms with van der Waals surface area (Å²) in [5.41, 5.74) is 4.19. The van der Waals surface area contributed by atoms with Crippen LogP contribution in [-0.4, -0.2) is 21.9 Å². The number of carbonyl (C=O) groups excluding carboxylic acids is 2. The number of aryl methyl sites for hydroxylation is 4. The van der Waals surface area contributed by atoms with Crippen LogP contribution >= 0.6 is 0 Å². The molecule has 0 aliphatic heterocycles.